The number of amides is 1. The second-order valence-corrected chi connectivity index (χ2v) is 4.36. The fourth-order valence-electron chi connectivity index (χ4n) is 1.61. The van der Waals surface area contributed by atoms with Crippen molar-refractivity contribution in [2.24, 2.45) is 5.73 Å². The number of aliphatic hydroxyl groups excluding tert-OH is 1. The molecule has 0 spiro atoms. The predicted octanol–water partition coefficient (Wildman–Crippen LogP) is 0.581. The Hall–Kier alpha value is -1.39. The summed E-state index contributed by atoms with van der Waals surface area (Å²) in [6, 6.07) is 6.07. The first-order valence-electron chi connectivity index (χ1n) is 5.65. The van der Waals surface area contributed by atoms with Crippen molar-refractivity contribution >= 4 is 5.91 Å². The molecule has 0 saturated carbocycles. The van der Waals surface area contributed by atoms with E-state index < -0.39 is 6.10 Å². The van der Waals surface area contributed by atoms with Crippen molar-refractivity contribution in [2.45, 2.75) is 26.5 Å². The molecule has 3 N–H and O–H groups in total. The van der Waals surface area contributed by atoms with Crippen molar-refractivity contribution in [1.29, 1.82) is 0 Å². The van der Waals surface area contributed by atoms with Crippen LogP contribution in [0.1, 0.15) is 16.7 Å². The van der Waals surface area contributed by atoms with Gasteiger partial charge in [-0.3, -0.25) is 4.79 Å². The van der Waals surface area contributed by atoms with Crippen LogP contribution < -0.4 is 5.73 Å². The third-order valence-corrected chi connectivity index (χ3v) is 2.88. The number of carbonyl (C=O) groups excluding carboxylic acids is 1. The number of aliphatic hydroxyl groups is 1. The summed E-state index contributed by atoms with van der Waals surface area (Å²) in [4.78, 5) is 13.1. The van der Waals surface area contributed by atoms with E-state index in [1.807, 2.05) is 32.0 Å². The number of benzene rings is 1. The highest BCUT2D eigenvalue weighted by Crippen LogP contribution is 2.11. The predicted molar refractivity (Wildman–Crippen MR) is 67.5 cm³/mol. The largest absolute Gasteiger partial charge is 0.382 e. The van der Waals surface area contributed by atoms with Gasteiger partial charge in [-0.2, -0.15) is 0 Å². The maximum absolute atomic E-state index is 11.6. The number of aryl methyl sites for hydroxylation is 2. The van der Waals surface area contributed by atoms with Crippen LogP contribution in [0, 0.1) is 13.8 Å². The first-order valence-corrected chi connectivity index (χ1v) is 5.65. The molecule has 17 heavy (non-hydrogen) atoms. The maximum Gasteiger partial charge on any atom is 0.252 e. The molecule has 0 aliphatic heterocycles. The zero-order chi connectivity index (χ0) is 13.0. The summed E-state index contributed by atoms with van der Waals surface area (Å²) in [6.07, 6.45) is -1.11. The average Bonchev–Trinajstić information content (AvgIpc) is 2.31. The van der Waals surface area contributed by atoms with E-state index in [0.717, 1.165) is 5.56 Å². The summed E-state index contributed by atoms with van der Waals surface area (Å²) in [5, 5.41) is 9.36. The van der Waals surface area contributed by atoms with Crippen LogP contribution in [0.5, 0.6) is 0 Å². The molecule has 1 aromatic carbocycles. The quantitative estimate of drug-likeness (QED) is 0.803. The van der Waals surface area contributed by atoms with Crippen LogP contribution in [0.15, 0.2) is 18.2 Å². The average molecular weight is 236 g/mol. The van der Waals surface area contributed by atoms with Crippen molar-refractivity contribution in [1.82, 2.24) is 4.90 Å². The van der Waals surface area contributed by atoms with E-state index in [9.17, 15) is 9.90 Å². The van der Waals surface area contributed by atoms with Gasteiger partial charge in [0.2, 0.25) is 0 Å². The molecule has 4 heteroatoms. The Kier molecular flexibility index (Phi) is 4.66. The molecule has 0 aliphatic carbocycles. The first-order chi connectivity index (χ1) is 7.95. The number of nitrogens with two attached hydrogens (primary N) is 1. The summed E-state index contributed by atoms with van der Waals surface area (Å²) < 4.78 is 0. The van der Waals surface area contributed by atoms with Gasteiger partial charge < -0.3 is 15.7 Å². The Morgan fingerprint density at radius 2 is 2.06 bits per heavy atom. The highest BCUT2D eigenvalue weighted by atomic mass is 16.3. The lowest BCUT2D eigenvalue weighted by Gasteiger charge is -2.20. The first kappa shape index (κ1) is 13.7. The molecule has 94 valence electrons. The molecule has 1 amide bonds. The monoisotopic (exact) mass is 236 g/mol. The van der Waals surface area contributed by atoms with Crippen molar-refractivity contribution < 1.29 is 9.90 Å². The Bertz CT molecular complexity index is 404. The Labute approximate surface area is 102 Å². The van der Waals surface area contributed by atoms with E-state index in [2.05, 4.69) is 0 Å². The van der Waals surface area contributed by atoms with Gasteiger partial charge in [-0.25, -0.2) is 0 Å². The van der Waals surface area contributed by atoms with Crippen LogP contribution >= 0.6 is 0 Å². The van der Waals surface area contributed by atoms with Gasteiger partial charge in [-0.15, -0.1) is 0 Å². The van der Waals surface area contributed by atoms with Gasteiger partial charge in [-0.1, -0.05) is 18.2 Å². The maximum atomic E-state index is 11.6. The highest BCUT2D eigenvalue weighted by Gasteiger charge is 2.17. The minimum atomic E-state index is -1.11. The number of rotatable bonds is 4. The van der Waals surface area contributed by atoms with E-state index in [-0.39, 0.29) is 12.5 Å². The standard InChI is InChI=1S/C13H20N2O2/c1-9-4-5-11(6-10(9)2)8-15(3)13(17)12(16)7-14/h4-6,12,16H,7-8,14H2,1-3H3. The zero-order valence-corrected chi connectivity index (χ0v) is 10.6. The summed E-state index contributed by atoms with van der Waals surface area (Å²) in [5.41, 5.74) is 8.72. The van der Waals surface area contributed by atoms with Gasteiger partial charge in [-0.05, 0) is 30.5 Å². The van der Waals surface area contributed by atoms with E-state index >= 15 is 0 Å². The smallest absolute Gasteiger partial charge is 0.252 e. The van der Waals surface area contributed by atoms with Crippen molar-refractivity contribution in [3.63, 3.8) is 0 Å². The van der Waals surface area contributed by atoms with E-state index in [4.69, 9.17) is 5.73 Å². The van der Waals surface area contributed by atoms with Crippen molar-refractivity contribution in [2.75, 3.05) is 13.6 Å². The van der Waals surface area contributed by atoms with E-state index in [1.54, 1.807) is 7.05 Å². The minimum absolute atomic E-state index is 0.0455. The van der Waals surface area contributed by atoms with Gasteiger partial charge in [0, 0.05) is 20.1 Å². The van der Waals surface area contributed by atoms with Crippen molar-refractivity contribution in [3.05, 3.63) is 34.9 Å². The third kappa shape index (κ3) is 3.54. The molecule has 0 saturated heterocycles. The fourth-order valence-corrected chi connectivity index (χ4v) is 1.61. The lowest BCUT2D eigenvalue weighted by Crippen LogP contribution is -2.40. The molecule has 0 aromatic heterocycles. The topological polar surface area (TPSA) is 66.6 Å². The van der Waals surface area contributed by atoms with Gasteiger partial charge in [0.1, 0.15) is 6.10 Å². The molecule has 0 heterocycles. The molecule has 0 fully saturated rings. The molecule has 0 bridgehead atoms. The van der Waals surface area contributed by atoms with Gasteiger partial charge >= 0.3 is 0 Å². The number of carbonyl (C=O) groups is 1. The molecule has 1 aromatic rings. The lowest BCUT2D eigenvalue weighted by atomic mass is 10.1. The van der Waals surface area contributed by atoms with Crippen molar-refractivity contribution in [3.8, 4) is 0 Å². The van der Waals surface area contributed by atoms with Crippen LogP contribution in [0.2, 0.25) is 0 Å². The molecular formula is C13H20N2O2. The van der Waals surface area contributed by atoms with Gasteiger partial charge in [0.15, 0.2) is 0 Å². The number of nitrogens with zero attached hydrogens (tertiary/aromatic N) is 1. The molecule has 4 nitrogen and oxygen atoms in total. The minimum Gasteiger partial charge on any atom is -0.382 e. The normalized spacial score (nSPS) is 12.3. The van der Waals surface area contributed by atoms with Crippen LogP contribution in [0.4, 0.5) is 0 Å². The fraction of sp³-hybridized carbons (Fsp3) is 0.462. The lowest BCUT2D eigenvalue weighted by molar-refractivity contribution is -0.138. The second-order valence-electron chi connectivity index (χ2n) is 4.36. The van der Waals surface area contributed by atoms with Crippen LogP contribution in [0.25, 0.3) is 0 Å². The number of likely N-dealkylation sites (N-methyl/N-ethyl adjacent to an activating group) is 1. The van der Waals surface area contributed by atoms with Crippen LogP contribution in [0.3, 0.4) is 0 Å². The molecule has 1 rings (SSSR count). The molecule has 0 aliphatic rings. The summed E-state index contributed by atoms with van der Waals surface area (Å²) in [7, 11) is 1.66. The van der Waals surface area contributed by atoms with Gasteiger partial charge in [0.05, 0.1) is 0 Å². The molecule has 1 unspecified atom stereocenters. The third-order valence-electron chi connectivity index (χ3n) is 2.88. The zero-order valence-electron chi connectivity index (χ0n) is 10.6. The van der Waals surface area contributed by atoms with E-state index in [1.165, 1.54) is 16.0 Å². The Morgan fingerprint density at radius 3 is 2.59 bits per heavy atom. The number of hydrogen-bond acceptors (Lipinski definition) is 3. The van der Waals surface area contributed by atoms with E-state index in [0.29, 0.717) is 6.54 Å². The number of hydrogen-bond donors (Lipinski definition) is 2. The molecular weight excluding hydrogens is 216 g/mol. The summed E-state index contributed by atoms with van der Waals surface area (Å²) >= 11 is 0. The molecule has 1 atom stereocenters. The SMILES string of the molecule is Cc1ccc(CN(C)C(=O)C(O)CN)cc1C. The Balaban J connectivity index is 2.71. The second kappa shape index (κ2) is 5.80. The van der Waals surface area contributed by atoms with Crippen LogP contribution in [-0.4, -0.2) is 35.6 Å². The summed E-state index contributed by atoms with van der Waals surface area (Å²) in [6.45, 7) is 4.52. The molecule has 0 radical (unpaired) electrons. The van der Waals surface area contributed by atoms with Gasteiger partial charge in [0.25, 0.3) is 5.91 Å². The van der Waals surface area contributed by atoms with Crippen LogP contribution in [-0.2, 0) is 11.3 Å². The highest BCUT2D eigenvalue weighted by molar-refractivity contribution is 5.80. The Morgan fingerprint density at radius 1 is 1.41 bits per heavy atom. The summed E-state index contributed by atoms with van der Waals surface area (Å²) in [5.74, 6) is -0.342.